The van der Waals surface area contributed by atoms with Crippen LogP contribution in [0.1, 0.15) is 22.4 Å². The van der Waals surface area contributed by atoms with Gasteiger partial charge in [-0.05, 0) is 59.2 Å². The van der Waals surface area contributed by atoms with Crippen LogP contribution < -0.4 is 20.7 Å². The Morgan fingerprint density at radius 1 is 0.735 bits per heavy atom. The maximum atomic E-state index is 13.5. The fourth-order valence-corrected chi connectivity index (χ4v) is 3.56. The van der Waals surface area contributed by atoms with E-state index in [0.29, 0.717) is 18.0 Å². The summed E-state index contributed by atoms with van der Waals surface area (Å²) >= 11 is 0. The summed E-state index contributed by atoms with van der Waals surface area (Å²) < 4.78 is 13.3. The molecule has 0 aliphatic heterocycles. The van der Waals surface area contributed by atoms with Crippen molar-refractivity contribution in [1.29, 1.82) is 0 Å². The van der Waals surface area contributed by atoms with Crippen molar-refractivity contribution in [1.82, 2.24) is 14.1 Å². The van der Waals surface area contributed by atoms with Crippen LogP contribution in [0.5, 0.6) is 11.5 Å². The van der Waals surface area contributed by atoms with Crippen molar-refractivity contribution in [3.8, 4) is 11.5 Å². The molecule has 0 aliphatic rings. The first-order valence-electron chi connectivity index (χ1n) is 10.8. The second-order valence-corrected chi connectivity index (χ2v) is 7.67. The largest absolute Gasteiger partial charge is 0.497 e. The van der Waals surface area contributed by atoms with E-state index in [1.165, 1.54) is 10.6 Å². The maximum absolute atomic E-state index is 13.5. The molecule has 0 fully saturated rings. The van der Waals surface area contributed by atoms with Gasteiger partial charge in [-0.25, -0.2) is 4.79 Å². The molecule has 0 saturated carbocycles. The van der Waals surface area contributed by atoms with E-state index in [4.69, 9.17) is 9.47 Å². The number of hydrogen-bond acceptors (Lipinski definition) is 5. The van der Waals surface area contributed by atoms with Gasteiger partial charge in [0.2, 0.25) is 0 Å². The van der Waals surface area contributed by atoms with Crippen molar-refractivity contribution in [2.75, 3.05) is 14.2 Å². The molecule has 172 valence electrons. The fraction of sp³-hybridized carbons (Fsp3) is 0.148. The van der Waals surface area contributed by atoms with Crippen LogP contribution in [0.3, 0.4) is 0 Å². The van der Waals surface area contributed by atoms with Gasteiger partial charge < -0.3 is 9.47 Å². The van der Waals surface area contributed by atoms with Crippen molar-refractivity contribution >= 4 is 12.2 Å². The van der Waals surface area contributed by atoms with Gasteiger partial charge in [0.05, 0.1) is 33.0 Å². The summed E-state index contributed by atoms with van der Waals surface area (Å²) in [6.45, 7) is 0.473. The zero-order valence-corrected chi connectivity index (χ0v) is 19.0. The van der Waals surface area contributed by atoms with Gasteiger partial charge in [-0.2, -0.15) is 0 Å². The summed E-state index contributed by atoms with van der Waals surface area (Å²) in [5.74, 6) is 1.45. The Bertz CT molecular complexity index is 1390. The average molecular weight is 456 g/mol. The third kappa shape index (κ3) is 5.32. The zero-order chi connectivity index (χ0) is 23.9. The van der Waals surface area contributed by atoms with Gasteiger partial charge >= 0.3 is 5.69 Å². The van der Waals surface area contributed by atoms with Gasteiger partial charge in [-0.3, -0.25) is 18.9 Å². The predicted octanol–water partition coefficient (Wildman–Crippen LogP) is 3.69. The number of ether oxygens (including phenoxy) is 2. The second-order valence-electron chi connectivity index (χ2n) is 7.67. The van der Waals surface area contributed by atoms with Crippen LogP contribution in [-0.4, -0.2) is 28.3 Å². The summed E-state index contributed by atoms with van der Waals surface area (Å²) in [6, 6.07) is 20.0. The van der Waals surface area contributed by atoms with Gasteiger partial charge in [0, 0.05) is 18.5 Å². The number of benzene rings is 2. The molecule has 7 heteroatoms. The van der Waals surface area contributed by atoms with Crippen molar-refractivity contribution in [2.45, 2.75) is 13.1 Å². The molecule has 7 nitrogen and oxygen atoms in total. The van der Waals surface area contributed by atoms with E-state index in [9.17, 15) is 9.59 Å². The zero-order valence-electron chi connectivity index (χ0n) is 19.0. The second kappa shape index (κ2) is 10.5. The van der Waals surface area contributed by atoms with Gasteiger partial charge in [0.25, 0.3) is 5.56 Å². The fourth-order valence-electron chi connectivity index (χ4n) is 3.56. The number of hydrogen-bond donors (Lipinski definition) is 0. The first-order valence-corrected chi connectivity index (χ1v) is 10.8. The molecule has 4 aromatic rings. The Morgan fingerprint density at radius 2 is 1.26 bits per heavy atom. The minimum atomic E-state index is -0.381. The first kappa shape index (κ1) is 22.8. The highest BCUT2D eigenvalue weighted by atomic mass is 16.5. The molecule has 0 atom stereocenters. The molecule has 0 N–H and O–H groups in total. The molecule has 0 amide bonds. The topological polar surface area (TPSA) is 75.3 Å². The monoisotopic (exact) mass is 455 g/mol. The number of rotatable bonds is 8. The molecular formula is C27H25N3O4. The highest BCUT2D eigenvalue weighted by Gasteiger charge is 2.12. The van der Waals surface area contributed by atoms with Crippen molar-refractivity contribution in [3.63, 3.8) is 0 Å². The quantitative estimate of drug-likeness (QED) is 0.405. The molecule has 34 heavy (non-hydrogen) atoms. The van der Waals surface area contributed by atoms with Gasteiger partial charge in [0.15, 0.2) is 0 Å². The van der Waals surface area contributed by atoms with Gasteiger partial charge in [0.1, 0.15) is 11.5 Å². The van der Waals surface area contributed by atoms with Gasteiger partial charge in [-0.1, -0.05) is 30.3 Å². The lowest BCUT2D eigenvalue weighted by Crippen LogP contribution is -2.41. The van der Waals surface area contributed by atoms with Crippen molar-refractivity contribution < 1.29 is 9.47 Å². The average Bonchev–Trinajstić information content (AvgIpc) is 2.88. The van der Waals surface area contributed by atoms with E-state index in [1.54, 1.807) is 37.3 Å². The van der Waals surface area contributed by atoms with E-state index in [2.05, 4.69) is 4.98 Å². The lowest BCUT2D eigenvalue weighted by molar-refractivity contribution is 0.414. The molecule has 0 bridgehead atoms. The van der Waals surface area contributed by atoms with Crippen LogP contribution in [0.2, 0.25) is 0 Å². The van der Waals surface area contributed by atoms with Crippen molar-refractivity contribution in [3.05, 3.63) is 122 Å². The Hall–Kier alpha value is -4.39. The third-order valence-corrected chi connectivity index (χ3v) is 5.46. The normalized spacial score (nSPS) is 11.0. The van der Waals surface area contributed by atoms with Crippen LogP contribution in [0.15, 0.2) is 88.7 Å². The van der Waals surface area contributed by atoms with Crippen LogP contribution in [0.25, 0.3) is 12.2 Å². The number of pyridine rings is 1. The maximum Gasteiger partial charge on any atom is 0.332 e. The van der Waals surface area contributed by atoms with E-state index >= 15 is 0 Å². The summed E-state index contributed by atoms with van der Waals surface area (Å²) in [7, 11) is 3.20. The standard InChI is InChI=1S/C27H25N3O4/c1-33-24-9-4-21(5-10-24)18-29-23(8-3-20-13-15-28-16-14-20)17-26(31)30(27(29)32)19-22-6-11-25(34-2)12-7-22/h3-17H,18-19H2,1-2H3/b8-3-. The number of aromatic nitrogens is 3. The molecule has 2 aromatic carbocycles. The Labute approximate surface area is 197 Å². The van der Waals surface area contributed by atoms with Crippen LogP contribution in [0.4, 0.5) is 0 Å². The number of methoxy groups -OCH3 is 2. The molecule has 2 heterocycles. The molecule has 4 rings (SSSR count). The number of nitrogens with zero attached hydrogens (tertiary/aromatic N) is 3. The Morgan fingerprint density at radius 3 is 1.79 bits per heavy atom. The van der Waals surface area contributed by atoms with Crippen LogP contribution >= 0.6 is 0 Å². The smallest absolute Gasteiger partial charge is 0.332 e. The SMILES string of the molecule is COc1ccc(Cn2c(/C=C\c3ccncc3)cc(=O)n(Cc3ccc(OC)cc3)c2=O)cc1. The van der Waals surface area contributed by atoms with Crippen LogP contribution in [-0.2, 0) is 13.1 Å². The summed E-state index contributed by atoms with van der Waals surface area (Å²) in [5, 5.41) is 0. The molecule has 0 unspecified atom stereocenters. The Balaban J connectivity index is 1.75. The molecule has 0 radical (unpaired) electrons. The molecule has 0 aliphatic carbocycles. The summed E-state index contributed by atoms with van der Waals surface area (Å²) in [6.07, 6.45) is 7.02. The lowest BCUT2D eigenvalue weighted by Gasteiger charge is -2.14. The minimum absolute atomic E-state index is 0.165. The predicted molar refractivity (Wildman–Crippen MR) is 132 cm³/mol. The van der Waals surface area contributed by atoms with E-state index < -0.39 is 0 Å². The highest BCUT2D eigenvalue weighted by Crippen LogP contribution is 2.14. The first-order chi connectivity index (χ1) is 16.6. The van der Waals surface area contributed by atoms with E-state index in [1.807, 2.05) is 66.7 Å². The minimum Gasteiger partial charge on any atom is -0.497 e. The highest BCUT2D eigenvalue weighted by molar-refractivity contribution is 5.67. The summed E-state index contributed by atoms with van der Waals surface area (Å²) in [4.78, 5) is 30.5. The van der Waals surface area contributed by atoms with E-state index in [-0.39, 0.29) is 17.8 Å². The third-order valence-electron chi connectivity index (χ3n) is 5.46. The van der Waals surface area contributed by atoms with Crippen LogP contribution in [0, 0.1) is 0 Å². The molecule has 0 spiro atoms. The van der Waals surface area contributed by atoms with Crippen molar-refractivity contribution in [2.24, 2.45) is 0 Å². The van der Waals surface area contributed by atoms with Gasteiger partial charge in [-0.15, -0.1) is 0 Å². The molecular weight excluding hydrogens is 430 g/mol. The van der Waals surface area contributed by atoms with E-state index in [0.717, 1.165) is 22.4 Å². The molecule has 0 saturated heterocycles. The lowest BCUT2D eigenvalue weighted by atomic mass is 10.2. The molecule has 2 aromatic heterocycles. The summed E-state index contributed by atoms with van der Waals surface area (Å²) in [5.41, 5.74) is 2.44. The Kier molecular flexibility index (Phi) is 7.03.